The van der Waals surface area contributed by atoms with Crippen LogP contribution in [-0.2, 0) is 6.54 Å². The highest BCUT2D eigenvalue weighted by Gasteiger charge is 2.31. The second-order valence-corrected chi connectivity index (χ2v) is 7.50. The van der Waals surface area contributed by atoms with Gasteiger partial charge in [-0.3, -0.25) is 9.69 Å². The highest BCUT2D eigenvalue weighted by molar-refractivity contribution is 5.92. The minimum atomic E-state index is -0.422. The average molecular weight is 396 g/mol. The van der Waals surface area contributed by atoms with Crippen molar-refractivity contribution in [3.63, 3.8) is 0 Å². The monoisotopic (exact) mass is 396 g/mol. The van der Waals surface area contributed by atoms with Crippen molar-refractivity contribution >= 4 is 17.6 Å². The lowest BCUT2D eigenvalue weighted by atomic mass is 10.1. The quantitative estimate of drug-likeness (QED) is 0.813. The van der Waals surface area contributed by atoms with Gasteiger partial charge in [0.1, 0.15) is 5.75 Å². The summed E-state index contributed by atoms with van der Waals surface area (Å²) in [5.74, 6) is 0.331. The number of benzene rings is 2. The van der Waals surface area contributed by atoms with Crippen LogP contribution in [0.4, 0.5) is 10.5 Å². The summed E-state index contributed by atoms with van der Waals surface area (Å²) in [6.07, 6.45) is 0. The van der Waals surface area contributed by atoms with Gasteiger partial charge in [0.25, 0.3) is 0 Å². The summed E-state index contributed by atoms with van der Waals surface area (Å²) in [5, 5.41) is 2.95. The number of urea groups is 1. The summed E-state index contributed by atoms with van der Waals surface area (Å²) in [5.41, 5.74) is 7.67. The number of anilines is 1. The first kappa shape index (κ1) is 20.7. The summed E-state index contributed by atoms with van der Waals surface area (Å²) < 4.78 is 5.15. The molecule has 1 heterocycles. The van der Waals surface area contributed by atoms with Gasteiger partial charge in [0.15, 0.2) is 0 Å². The van der Waals surface area contributed by atoms with Crippen LogP contribution in [0.5, 0.6) is 5.75 Å². The Morgan fingerprint density at radius 1 is 1.03 bits per heavy atom. The van der Waals surface area contributed by atoms with Gasteiger partial charge in [-0.2, -0.15) is 0 Å². The number of rotatable bonds is 5. The molecule has 0 radical (unpaired) electrons. The van der Waals surface area contributed by atoms with E-state index in [1.807, 2.05) is 41.3 Å². The lowest BCUT2D eigenvalue weighted by Gasteiger charge is -2.44. The number of primary amides is 1. The molecule has 2 aromatic carbocycles. The number of hydrogen-bond acceptors (Lipinski definition) is 4. The number of piperazine rings is 1. The van der Waals surface area contributed by atoms with E-state index in [0.717, 1.165) is 23.5 Å². The molecule has 2 atom stereocenters. The van der Waals surface area contributed by atoms with Crippen LogP contribution in [0.15, 0.2) is 48.5 Å². The van der Waals surface area contributed by atoms with E-state index in [2.05, 4.69) is 24.1 Å². The van der Waals surface area contributed by atoms with Crippen molar-refractivity contribution in [3.05, 3.63) is 59.7 Å². The van der Waals surface area contributed by atoms with Gasteiger partial charge in [-0.1, -0.05) is 12.1 Å². The van der Waals surface area contributed by atoms with Crippen molar-refractivity contribution in [2.24, 2.45) is 5.73 Å². The van der Waals surface area contributed by atoms with Gasteiger partial charge >= 0.3 is 6.03 Å². The Bertz CT molecular complexity index is 839. The lowest BCUT2D eigenvalue weighted by Crippen LogP contribution is -2.58. The molecular formula is C22H28N4O3. The summed E-state index contributed by atoms with van der Waals surface area (Å²) in [7, 11) is 1.61. The second kappa shape index (κ2) is 8.96. The van der Waals surface area contributed by atoms with Gasteiger partial charge in [0, 0.05) is 43.0 Å². The second-order valence-electron chi connectivity index (χ2n) is 7.50. The molecular weight excluding hydrogens is 368 g/mol. The van der Waals surface area contributed by atoms with Crippen molar-refractivity contribution in [3.8, 4) is 5.75 Å². The van der Waals surface area contributed by atoms with Gasteiger partial charge in [-0.05, 0) is 55.8 Å². The van der Waals surface area contributed by atoms with E-state index in [-0.39, 0.29) is 18.1 Å². The maximum absolute atomic E-state index is 12.7. The normalized spacial score (nSPS) is 19.6. The van der Waals surface area contributed by atoms with Gasteiger partial charge in [-0.15, -0.1) is 0 Å². The first-order valence-corrected chi connectivity index (χ1v) is 9.72. The van der Waals surface area contributed by atoms with Crippen molar-refractivity contribution in [2.45, 2.75) is 32.5 Å². The van der Waals surface area contributed by atoms with Gasteiger partial charge in [-0.25, -0.2) is 4.79 Å². The number of methoxy groups -OCH3 is 1. The maximum Gasteiger partial charge on any atom is 0.321 e. The van der Waals surface area contributed by atoms with E-state index in [4.69, 9.17) is 10.5 Å². The number of carbonyl (C=O) groups excluding carboxylic acids is 2. The standard InChI is InChI=1S/C22H28N4O3/c1-15-12-25(22(28)24-19-8-10-20(29-3)11-9-19)13-16(2)26(15)14-17-4-6-18(7-5-17)21(23)27/h4-11,15-16H,12-14H2,1-3H3,(H2,23,27)(H,24,28)/t15-,16+. The molecule has 3 rings (SSSR count). The highest BCUT2D eigenvalue weighted by Crippen LogP contribution is 2.21. The van der Waals surface area contributed by atoms with Crippen LogP contribution in [0.25, 0.3) is 0 Å². The number of nitrogens with two attached hydrogens (primary N) is 1. The minimum absolute atomic E-state index is 0.0978. The van der Waals surface area contributed by atoms with E-state index in [9.17, 15) is 9.59 Å². The summed E-state index contributed by atoms with van der Waals surface area (Å²) in [6, 6.07) is 15.0. The molecule has 1 saturated heterocycles. The molecule has 0 aromatic heterocycles. The third-order valence-corrected chi connectivity index (χ3v) is 5.33. The third-order valence-electron chi connectivity index (χ3n) is 5.33. The van der Waals surface area contributed by atoms with Gasteiger partial charge < -0.3 is 20.7 Å². The number of nitrogens with one attached hydrogen (secondary N) is 1. The molecule has 7 nitrogen and oxygen atoms in total. The fourth-order valence-corrected chi connectivity index (χ4v) is 3.70. The summed E-state index contributed by atoms with van der Waals surface area (Å²) >= 11 is 0. The minimum Gasteiger partial charge on any atom is -0.497 e. The average Bonchev–Trinajstić information content (AvgIpc) is 2.71. The Morgan fingerprint density at radius 2 is 1.62 bits per heavy atom. The zero-order valence-electron chi connectivity index (χ0n) is 17.1. The van der Waals surface area contributed by atoms with Crippen molar-refractivity contribution in [1.82, 2.24) is 9.80 Å². The predicted molar refractivity (Wildman–Crippen MR) is 113 cm³/mol. The van der Waals surface area contributed by atoms with Crippen molar-refractivity contribution in [1.29, 1.82) is 0 Å². The fraction of sp³-hybridized carbons (Fsp3) is 0.364. The first-order chi connectivity index (χ1) is 13.9. The number of nitrogens with zero attached hydrogens (tertiary/aromatic N) is 2. The molecule has 7 heteroatoms. The molecule has 0 aliphatic carbocycles. The van der Waals surface area contributed by atoms with Gasteiger partial charge in [0.2, 0.25) is 5.91 Å². The molecule has 1 aliphatic rings. The van der Waals surface area contributed by atoms with Crippen LogP contribution in [0.1, 0.15) is 29.8 Å². The number of amides is 3. The Hall–Kier alpha value is -3.06. The van der Waals surface area contributed by atoms with Crippen molar-refractivity contribution in [2.75, 3.05) is 25.5 Å². The SMILES string of the molecule is COc1ccc(NC(=O)N2C[C@@H](C)N(Cc3ccc(C(N)=O)cc3)[C@@H](C)C2)cc1. The Balaban J connectivity index is 1.59. The molecule has 3 amide bonds. The molecule has 154 valence electrons. The fourth-order valence-electron chi connectivity index (χ4n) is 3.70. The van der Waals surface area contributed by atoms with Crippen LogP contribution >= 0.6 is 0 Å². The van der Waals surface area contributed by atoms with Gasteiger partial charge in [0.05, 0.1) is 7.11 Å². The van der Waals surface area contributed by atoms with Crippen LogP contribution in [0.2, 0.25) is 0 Å². The zero-order chi connectivity index (χ0) is 21.0. The maximum atomic E-state index is 12.7. The molecule has 0 unspecified atom stereocenters. The Labute approximate surface area is 171 Å². The predicted octanol–water partition coefficient (Wildman–Crippen LogP) is 2.92. The lowest BCUT2D eigenvalue weighted by molar-refractivity contribution is 0.0526. The van der Waals surface area contributed by atoms with E-state index in [1.54, 1.807) is 19.2 Å². The first-order valence-electron chi connectivity index (χ1n) is 9.72. The van der Waals surface area contributed by atoms with Crippen LogP contribution in [-0.4, -0.2) is 54.0 Å². The molecule has 29 heavy (non-hydrogen) atoms. The molecule has 0 spiro atoms. The Kier molecular flexibility index (Phi) is 6.39. The number of ether oxygens (including phenoxy) is 1. The van der Waals surface area contributed by atoms with Crippen LogP contribution in [0.3, 0.4) is 0 Å². The summed E-state index contributed by atoms with van der Waals surface area (Å²) in [6.45, 7) is 6.30. The molecule has 2 aromatic rings. The Morgan fingerprint density at radius 3 is 2.14 bits per heavy atom. The van der Waals surface area contributed by atoms with E-state index < -0.39 is 5.91 Å². The highest BCUT2D eigenvalue weighted by atomic mass is 16.5. The van der Waals surface area contributed by atoms with E-state index in [0.29, 0.717) is 18.7 Å². The van der Waals surface area contributed by atoms with Crippen LogP contribution in [0, 0.1) is 0 Å². The third kappa shape index (κ3) is 5.06. The largest absolute Gasteiger partial charge is 0.497 e. The van der Waals surface area contributed by atoms with Crippen molar-refractivity contribution < 1.29 is 14.3 Å². The molecule has 0 bridgehead atoms. The number of carbonyl (C=O) groups is 2. The van der Waals surface area contributed by atoms with E-state index in [1.165, 1.54) is 0 Å². The smallest absolute Gasteiger partial charge is 0.321 e. The topological polar surface area (TPSA) is 87.9 Å². The molecule has 1 fully saturated rings. The molecule has 3 N–H and O–H groups in total. The number of hydrogen-bond donors (Lipinski definition) is 2. The molecule has 0 saturated carbocycles. The van der Waals surface area contributed by atoms with Crippen LogP contribution < -0.4 is 15.8 Å². The zero-order valence-corrected chi connectivity index (χ0v) is 17.1. The summed E-state index contributed by atoms with van der Waals surface area (Å²) in [4.78, 5) is 28.2. The molecule has 1 aliphatic heterocycles. The van der Waals surface area contributed by atoms with E-state index >= 15 is 0 Å².